The lowest BCUT2D eigenvalue weighted by Crippen LogP contribution is -2.55. The lowest BCUT2D eigenvalue weighted by atomic mass is 9.78. The van der Waals surface area contributed by atoms with Crippen LogP contribution in [0.3, 0.4) is 0 Å². The van der Waals surface area contributed by atoms with E-state index in [1.54, 1.807) is 18.4 Å². The summed E-state index contributed by atoms with van der Waals surface area (Å²) in [7, 11) is 1.69. The molecule has 0 aliphatic carbocycles. The zero-order chi connectivity index (χ0) is 16.3. The van der Waals surface area contributed by atoms with Gasteiger partial charge in [-0.3, -0.25) is 4.79 Å². The standard InChI is InChI=1S/C17H26N2O3S.ClH/c1-13-9-19(10-15(22-13)14-3-8-23-11-14)16(20)17(12-21-2)4-6-18-7-5-17;/h3,8,11,13,15,18H,4-7,9-10,12H2,1-2H3;1H. The molecule has 2 atom stereocenters. The highest BCUT2D eigenvalue weighted by atomic mass is 35.5. The highest BCUT2D eigenvalue weighted by molar-refractivity contribution is 7.07. The number of methoxy groups -OCH3 is 1. The van der Waals surface area contributed by atoms with Crippen LogP contribution in [-0.2, 0) is 14.3 Å². The summed E-state index contributed by atoms with van der Waals surface area (Å²) >= 11 is 1.67. The Morgan fingerprint density at radius 3 is 2.83 bits per heavy atom. The number of carbonyl (C=O) groups excluding carboxylic acids is 1. The minimum atomic E-state index is -0.379. The molecule has 1 aromatic rings. The third-order valence-electron chi connectivity index (χ3n) is 4.90. The van der Waals surface area contributed by atoms with E-state index in [-0.39, 0.29) is 35.9 Å². The normalized spacial score (nSPS) is 26.7. The van der Waals surface area contributed by atoms with Crippen molar-refractivity contribution in [1.29, 1.82) is 0 Å². The van der Waals surface area contributed by atoms with E-state index < -0.39 is 0 Å². The van der Waals surface area contributed by atoms with Gasteiger partial charge in [-0.1, -0.05) is 0 Å². The van der Waals surface area contributed by atoms with Gasteiger partial charge < -0.3 is 19.7 Å². The molecule has 2 aliphatic heterocycles. The van der Waals surface area contributed by atoms with Gasteiger partial charge in [-0.05, 0) is 55.2 Å². The summed E-state index contributed by atoms with van der Waals surface area (Å²) < 4.78 is 11.5. The molecule has 2 fully saturated rings. The van der Waals surface area contributed by atoms with Gasteiger partial charge in [-0.2, -0.15) is 11.3 Å². The average Bonchev–Trinajstić information content (AvgIpc) is 3.09. The molecule has 1 aromatic heterocycles. The molecule has 0 saturated carbocycles. The fourth-order valence-corrected chi connectivity index (χ4v) is 4.40. The zero-order valence-corrected chi connectivity index (χ0v) is 16.0. The summed E-state index contributed by atoms with van der Waals surface area (Å²) in [5.74, 6) is 0.233. The third kappa shape index (κ3) is 4.11. The number of hydrogen-bond donors (Lipinski definition) is 1. The van der Waals surface area contributed by atoms with Crippen LogP contribution in [0.2, 0.25) is 0 Å². The lowest BCUT2D eigenvalue weighted by Gasteiger charge is -2.43. The molecular weight excluding hydrogens is 348 g/mol. The molecule has 1 N–H and O–H groups in total. The minimum absolute atomic E-state index is 0. The van der Waals surface area contributed by atoms with Crippen molar-refractivity contribution in [2.24, 2.45) is 5.41 Å². The van der Waals surface area contributed by atoms with Crippen molar-refractivity contribution < 1.29 is 14.3 Å². The van der Waals surface area contributed by atoms with Gasteiger partial charge >= 0.3 is 0 Å². The number of nitrogens with one attached hydrogen (secondary N) is 1. The number of nitrogens with zero attached hydrogens (tertiary/aromatic N) is 1. The van der Waals surface area contributed by atoms with Crippen molar-refractivity contribution in [1.82, 2.24) is 10.2 Å². The predicted octanol–water partition coefficient (Wildman–Crippen LogP) is 2.47. The molecule has 1 amide bonds. The summed E-state index contributed by atoms with van der Waals surface area (Å²) in [5, 5.41) is 7.52. The van der Waals surface area contributed by atoms with E-state index in [1.165, 1.54) is 5.56 Å². The fraction of sp³-hybridized carbons (Fsp3) is 0.706. The predicted molar refractivity (Wildman–Crippen MR) is 97.8 cm³/mol. The Bertz CT molecular complexity index is 514. The topological polar surface area (TPSA) is 50.8 Å². The Labute approximate surface area is 154 Å². The number of thiophene rings is 1. The summed E-state index contributed by atoms with van der Waals surface area (Å²) in [4.78, 5) is 15.3. The van der Waals surface area contributed by atoms with Crippen LogP contribution < -0.4 is 5.32 Å². The van der Waals surface area contributed by atoms with E-state index in [0.717, 1.165) is 25.9 Å². The van der Waals surface area contributed by atoms with Crippen molar-refractivity contribution in [2.75, 3.05) is 39.9 Å². The molecule has 0 aromatic carbocycles. The van der Waals surface area contributed by atoms with E-state index in [0.29, 0.717) is 19.7 Å². The van der Waals surface area contributed by atoms with Crippen LogP contribution in [0.5, 0.6) is 0 Å². The number of halogens is 1. The number of ether oxygens (including phenoxy) is 2. The van der Waals surface area contributed by atoms with Crippen LogP contribution in [0.1, 0.15) is 31.4 Å². The first-order chi connectivity index (χ1) is 11.1. The lowest BCUT2D eigenvalue weighted by molar-refractivity contribution is -0.160. The maximum absolute atomic E-state index is 13.3. The number of piperidine rings is 1. The van der Waals surface area contributed by atoms with E-state index in [4.69, 9.17) is 9.47 Å². The summed E-state index contributed by atoms with van der Waals surface area (Å²) in [5.41, 5.74) is 0.793. The molecule has 2 unspecified atom stereocenters. The van der Waals surface area contributed by atoms with Crippen molar-refractivity contribution in [3.8, 4) is 0 Å². The number of rotatable bonds is 4. The van der Waals surface area contributed by atoms with Crippen LogP contribution in [0.4, 0.5) is 0 Å². The molecular formula is C17H27ClN2O3S. The van der Waals surface area contributed by atoms with Gasteiger partial charge in [0.1, 0.15) is 6.10 Å². The van der Waals surface area contributed by atoms with E-state index in [9.17, 15) is 4.79 Å². The number of morpholine rings is 1. The summed E-state index contributed by atoms with van der Waals surface area (Å²) in [6.45, 7) is 5.61. The van der Waals surface area contributed by atoms with Gasteiger partial charge in [-0.25, -0.2) is 0 Å². The summed E-state index contributed by atoms with van der Waals surface area (Å²) in [6, 6.07) is 2.09. The smallest absolute Gasteiger partial charge is 0.231 e. The van der Waals surface area contributed by atoms with E-state index in [1.807, 2.05) is 11.8 Å². The minimum Gasteiger partial charge on any atom is -0.384 e. The van der Waals surface area contributed by atoms with Gasteiger partial charge in [0.2, 0.25) is 5.91 Å². The molecule has 0 bridgehead atoms. The van der Waals surface area contributed by atoms with Gasteiger partial charge in [0.05, 0.1) is 24.7 Å². The average molecular weight is 375 g/mol. The Morgan fingerprint density at radius 1 is 1.46 bits per heavy atom. The van der Waals surface area contributed by atoms with Crippen LogP contribution >= 0.6 is 23.7 Å². The van der Waals surface area contributed by atoms with Gasteiger partial charge in [0, 0.05) is 13.7 Å². The van der Waals surface area contributed by atoms with E-state index in [2.05, 4.69) is 22.1 Å². The molecule has 0 radical (unpaired) electrons. The highest BCUT2D eigenvalue weighted by Gasteiger charge is 2.44. The molecule has 5 nitrogen and oxygen atoms in total. The highest BCUT2D eigenvalue weighted by Crippen LogP contribution is 2.35. The molecule has 3 heterocycles. The molecule has 2 saturated heterocycles. The second kappa shape index (κ2) is 8.63. The molecule has 24 heavy (non-hydrogen) atoms. The first-order valence-corrected chi connectivity index (χ1v) is 9.25. The second-order valence-electron chi connectivity index (χ2n) is 6.67. The zero-order valence-electron chi connectivity index (χ0n) is 14.3. The molecule has 3 rings (SSSR count). The van der Waals surface area contributed by atoms with Gasteiger partial charge in [0.15, 0.2) is 0 Å². The number of amides is 1. The number of carbonyl (C=O) groups is 1. The second-order valence-corrected chi connectivity index (χ2v) is 7.45. The Hall–Kier alpha value is -0.660. The van der Waals surface area contributed by atoms with Gasteiger partial charge in [-0.15, -0.1) is 12.4 Å². The van der Waals surface area contributed by atoms with Crippen LogP contribution in [-0.4, -0.2) is 56.8 Å². The van der Waals surface area contributed by atoms with E-state index >= 15 is 0 Å². The quantitative estimate of drug-likeness (QED) is 0.879. The molecule has 7 heteroatoms. The maximum atomic E-state index is 13.3. The van der Waals surface area contributed by atoms with Crippen molar-refractivity contribution in [3.63, 3.8) is 0 Å². The molecule has 136 valence electrons. The van der Waals surface area contributed by atoms with Crippen molar-refractivity contribution in [3.05, 3.63) is 22.4 Å². The first kappa shape index (κ1) is 19.7. The van der Waals surface area contributed by atoms with Crippen molar-refractivity contribution >= 4 is 29.7 Å². The Morgan fingerprint density at radius 2 is 2.21 bits per heavy atom. The molecule has 2 aliphatic rings. The first-order valence-electron chi connectivity index (χ1n) is 8.31. The fourth-order valence-electron chi connectivity index (χ4n) is 3.70. The SMILES string of the molecule is COCC1(C(=O)N2CC(C)OC(c3ccsc3)C2)CCNCC1.Cl. The monoisotopic (exact) mass is 374 g/mol. The number of hydrogen-bond acceptors (Lipinski definition) is 5. The Balaban J connectivity index is 0.00000208. The maximum Gasteiger partial charge on any atom is 0.231 e. The largest absolute Gasteiger partial charge is 0.384 e. The molecule has 0 spiro atoms. The summed E-state index contributed by atoms with van der Waals surface area (Å²) in [6.07, 6.45) is 1.72. The van der Waals surface area contributed by atoms with Crippen LogP contribution in [0, 0.1) is 5.41 Å². The Kier molecular flexibility index (Phi) is 7.07. The third-order valence-corrected chi connectivity index (χ3v) is 5.60. The van der Waals surface area contributed by atoms with Gasteiger partial charge in [0.25, 0.3) is 0 Å². The van der Waals surface area contributed by atoms with Crippen molar-refractivity contribution in [2.45, 2.75) is 32.0 Å². The van der Waals surface area contributed by atoms with Crippen LogP contribution in [0.15, 0.2) is 16.8 Å². The van der Waals surface area contributed by atoms with Crippen LogP contribution in [0.25, 0.3) is 0 Å².